The van der Waals surface area contributed by atoms with E-state index in [1.807, 2.05) is 12.1 Å². The third kappa shape index (κ3) is 5.29. The third-order valence-electron chi connectivity index (χ3n) is 14.2. The zero-order valence-electron chi connectivity index (χ0n) is 36.2. The van der Waals surface area contributed by atoms with E-state index in [1.165, 1.54) is 78.1 Å². The summed E-state index contributed by atoms with van der Waals surface area (Å²) in [6.45, 7) is 9.30. The molecule has 0 fully saturated rings. The molecule has 0 saturated heterocycles. The first kappa shape index (κ1) is 36.8. The third-order valence-corrected chi connectivity index (χ3v) is 14.2. The van der Waals surface area contributed by atoms with Gasteiger partial charge in [0.1, 0.15) is 0 Å². The summed E-state index contributed by atoms with van der Waals surface area (Å²) in [5, 5.41) is 0. The van der Waals surface area contributed by atoms with Crippen LogP contribution in [0.15, 0.2) is 194 Å². The quantitative estimate of drug-likeness (QED) is 0.176. The van der Waals surface area contributed by atoms with Gasteiger partial charge in [0, 0.05) is 10.8 Å². The predicted octanol–water partition coefficient (Wildman–Crippen LogP) is 16.8. The van der Waals surface area contributed by atoms with Gasteiger partial charge >= 0.3 is 0 Å². The highest BCUT2D eigenvalue weighted by Gasteiger charge is 2.43. The molecule has 4 aliphatic rings. The van der Waals surface area contributed by atoms with Crippen LogP contribution in [0.1, 0.15) is 49.9 Å². The van der Waals surface area contributed by atoms with Gasteiger partial charge < -0.3 is 19.3 Å². The lowest BCUT2D eigenvalue weighted by Crippen LogP contribution is -2.32. The van der Waals surface area contributed by atoms with E-state index in [2.05, 4.69) is 219 Å². The number of nitrogens with zero attached hydrogens (tertiary/aromatic N) is 2. The second kappa shape index (κ2) is 13.3. The highest BCUT2D eigenvalue weighted by Crippen LogP contribution is 2.62. The Labute approximate surface area is 374 Å². The van der Waals surface area contributed by atoms with Gasteiger partial charge in [0.25, 0.3) is 0 Å². The maximum Gasteiger partial charge on any atom is 0.151 e. The minimum atomic E-state index is -0.195. The molecule has 0 atom stereocenters. The second-order valence-corrected chi connectivity index (χ2v) is 18.6. The van der Waals surface area contributed by atoms with Crippen molar-refractivity contribution in [2.24, 2.45) is 0 Å². The Kier molecular flexibility index (Phi) is 7.67. The number of ether oxygens (including phenoxy) is 2. The smallest absolute Gasteiger partial charge is 0.151 e. The molecule has 4 heteroatoms. The molecule has 0 spiro atoms. The summed E-state index contributed by atoms with van der Waals surface area (Å²) in [5.74, 6) is 3.54. The van der Waals surface area contributed by atoms with Crippen molar-refractivity contribution in [1.82, 2.24) is 0 Å². The fourth-order valence-corrected chi connectivity index (χ4v) is 10.9. The average molecular weight is 825 g/mol. The Bertz CT molecular complexity index is 3190. The molecule has 9 aromatic rings. The molecule has 0 radical (unpaired) electrons. The number of hydrogen-bond acceptors (Lipinski definition) is 4. The van der Waals surface area contributed by atoms with Crippen LogP contribution in [-0.4, -0.2) is 0 Å². The van der Waals surface area contributed by atoms with E-state index in [0.29, 0.717) is 0 Å². The zero-order chi connectivity index (χ0) is 42.9. The van der Waals surface area contributed by atoms with Crippen molar-refractivity contribution in [2.75, 3.05) is 9.80 Å². The summed E-state index contributed by atoms with van der Waals surface area (Å²) in [7, 11) is 0. The molecule has 0 amide bonds. The fourth-order valence-electron chi connectivity index (χ4n) is 10.9. The molecule has 4 aliphatic heterocycles. The van der Waals surface area contributed by atoms with E-state index in [0.717, 1.165) is 45.7 Å². The minimum absolute atomic E-state index is 0.195. The molecular weight excluding hydrogens is 781 g/mol. The topological polar surface area (TPSA) is 24.9 Å². The van der Waals surface area contributed by atoms with Crippen LogP contribution in [-0.2, 0) is 10.8 Å². The van der Waals surface area contributed by atoms with Crippen molar-refractivity contribution in [2.45, 2.75) is 38.5 Å². The lowest BCUT2D eigenvalue weighted by atomic mass is 9.72. The summed E-state index contributed by atoms with van der Waals surface area (Å²) in [6, 6.07) is 70.5. The van der Waals surface area contributed by atoms with Gasteiger partial charge in [0.15, 0.2) is 23.0 Å². The van der Waals surface area contributed by atoms with Crippen LogP contribution < -0.4 is 19.3 Å². The van der Waals surface area contributed by atoms with Crippen molar-refractivity contribution in [3.8, 4) is 67.5 Å². The van der Waals surface area contributed by atoms with E-state index in [-0.39, 0.29) is 10.8 Å². The van der Waals surface area contributed by atoms with Gasteiger partial charge in [-0.3, -0.25) is 0 Å². The zero-order valence-corrected chi connectivity index (χ0v) is 36.2. The largest absolute Gasteiger partial charge is 0.453 e. The highest BCUT2D eigenvalue weighted by molar-refractivity contribution is 5.96. The lowest BCUT2D eigenvalue weighted by molar-refractivity contribution is 0.471. The molecule has 64 heavy (non-hydrogen) atoms. The van der Waals surface area contributed by atoms with Gasteiger partial charge in [0.05, 0.1) is 34.1 Å². The molecule has 0 saturated carbocycles. The molecule has 0 bridgehead atoms. The summed E-state index contributed by atoms with van der Waals surface area (Å²) in [5.41, 5.74) is 21.0. The SMILES string of the molecule is CC1(C)c2ccc(-c3cccc(-c4ccc(-c5cccc(-c6ccc7c(c6)N6c8ccccc8Oc8cccc(c86)C7(C)C)c5)cc4)c3)cc2N2c3ccccc3Oc3cccc1c32. The maximum atomic E-state index is 6.48. The number of para-hydroxylation sites is 6. The Morgan fingerprint density at radius 2 is 0.625 bits per heavy atom. The van der Waals surface area contributed by atoms with E-state index in [1.54, 1.807) is 0 Å². The molecule has 13 rings (SSSR count). The van der Waals surface area contributed by atoms with E-state index in [4.69, 9.17) is 9.47 Å². The van der Waals surface area contributed by atoms with Crippen molar-refractivity contribution in [3.63, 3.8) is 0 Å². The van der Waals surface area contributed by atoms with Gasteiger partial charge in [-0.25, -0.2) is 0 Å². The van der Waals surface area contributed by atoms with Crippen LogP contribution in [0, 0.1) is 0 Å². The van der Waals surface area contributed by atoms with Gasteiger partial charge in [-0.05, 0) is 127 Å². The van der Waals surface area contributed by atoms with Gasteiger partial charge in [-0.15, -0.1) is 0 Å². The molecule has 4 nitrogen and oxygen atoms in total. The number of anilines is 6. The number of rotatable bonds is 4. The molecule has 0 aromatic heterocycles. The Balaban J connectivity index is 0.824. The number of hydrogen-bond donors (Lipinski definition) is 0. The van der Waals surface area contributed by atoms with E-state index < -0.39 is 0 Å². The molecule has 306 valence electrons. The molecule has 0 aliphatic carbocycles. The summed E-state index contributed by atoms with van der Waals surface area (Å²) >= 11 is 0. The van der Waals surface area contributed by atoms with Crippen molar-refractivity contribution < 1.29 is 9.47 Å². The monoisotopic (exact) mass is 824 g/mol. The van der Waals surface area contributed by atoms with Gasteiger partial charge in [-0.1, -0.05) is 161 Å². The molecular formula is C60H44N2O2. The number of fused-ring (bicyclic) bond motifs is 8. The summed E-state index contributed by atoms with van der Waals surface area (Å²) in [6.07, 6.45) is 0. The highest BCUT2D eigenvalue weighted by atomic mass is 16.5. The van der Waals surface area contributed by atoms with Crippen molar-refractivity contribution in [1.29, 1.82) is 0 Å². The first-order valence-corrected chi connectivity index (χ1v) is 22.2. The second-order valence-electron chi connectivity index (χ2n) is 18.6. The molecule has 0 N–H and O–H groups in total. The van der Waals surface area contributed by atoms with E-state index in [9.17, 15) is 0 Å². The van der Waals surface area contributed by atoms with Crippen LogP contribution in [0.4, 0.5) is 34.1 Å². The maximum absolute atomic E-state index is 6.48. The molecule has 9 aromatic carbocycles. The summed E-state index contributed by atoms with van der Waals surface area (Å²) < 4.78 is 13.0. The van der Waals surface area contributed by atoms with Gasteiger partial charge in [-0.2, -0.15) is 0 Å². The normalized spacial score (nSPS) is 15.0. The van der Waals surface area contributed by atoms with Crippen LogP contribution in [0.3, 0.4) is 0 Å². The predicted molar refractivity (Wildman–Crippen MR) is 262 cm³/mol. The Morgan fingerprint density at radius 3 is 1.06 bits per heavy atom. The van der Waals surface area contributed by atoms with Gasteiger partial charge in [0.2, 0.25) is 0 Å². The van der Waals surface area contributed by atoms with Crippen LogP contribution in [0.25, 0.3) is 44.5 Å². The van der Waals surface area contributed by atoms with Crippen molar-refractivity contribution in [3.05, 3.63) is 216 Å². The minimum Gasteiger partial charge on any atom is -0.453 e. The number of benzene rings is 9. The van der Waals surface area contributed by atoms with E-state index >= 15 is 0 Å². The standard InChI is InChI=1S/C60H44N2O2/c1-59(2)45-31-29-43(35-51(45)61-49-19-5-7-21-53(49)63-55-23-11-17-47(59)57(55)61)41-15-9-13-39(33-41)37-25-27-38(28-26-37)40-14-10-16-42(34-40)44-30-32-46-52(36-44)62-50-20-6-8-22-54(50)64-56-24-12-18-48(58(56)62)60(46,3)4/h5-36H,1-4H3. The first-order chi connectivity index (χ1) is 31.2. The lowest BCUT2D eigenvalue weighted by Gasteiger charge is -2.45. The van der Waals surface area contributed by atoms with Crippen LogP contribution in [0.2, 0.25) is 0 Å². The molecule has 0 unspecified atom stereocenters. The van der Waals surface area contributed by atoms with Crippen LogP contribution in [0.5, 0.6) is 23.0 Å². The Morgan fingerprint density at radius 1 is 0.281 bits per heavy atom. The first-order valence-electron chi connectivity index (χ1n) is 22.2. The Hall–Kier alpha value is -7.82. The molecule has 4 heterocycles. The van der Waals surface area contributed by atoms with Crippen LogP contribution >= 0.6 is 0 Å². The van der Waals surface area contributed by atoms with Crippen molar-refractivity contribution >= 4 is 34.1 Å². The summed E-state index contributed by atoms with van der Waals surface area (Å²) in [4.78, 5) is 4.82. The fraction of sp³-hybridized carbons (Fsp3) is 0.100. The average Bonchev–Trinajstić information content (AvgIpc) is 3.33.